The van der Waals surface area contributed by atoms with Crippen LogP contribution in [0.2, 0.25) is 0 Å². The van der Waals surface area contributed by atoms with Gasteiger partial charge in [0.1, 0.15) is 6.04 Å². The molecule has 0 spiro atoms. The molecule has 0 bridgehead atoms. The summed E-state index contributed by atoms with van der Waals surface area (Å²) in [5.74, 6) is 0.0245. The molecule has 0 aromatic rings. The smallest absolute Gasteiger partial charge is 0.240 e. The minimum atomic E-state index is -0.605. The Morgan fingerprint density at radius 1 is 1.44 bits per heavy atom. The predicted octanol–water partition coefficient (Wildman–Crippen LogP) is 0.392. The summed E-state index contributed by atoms with van der Waals surface area (Å²) in [5.41, 5.74) is 4.97. The van der Waals surface area contributed by atoms with E-state index in [0.29, 0.717) is 12.3 Å². The highest BCUT2D eigenvalue weighted by Crippen LogP contribution is 2.20. The zero-order valence-corrected chi connectivity index (χ0v) is 11.6. The second-order valence-electron chi connectivity index (χ2n) is 6.17. The maximum atomic E-state index is 11.8. The van der Waals surface area contributed by atoms with Crippen LogP contribution in [0, 0.1) is 11.3 Å². The number of carbonyl (C=O) groups is 2. The van der Waals surface area contributed by atoms with Crippen molar-refractivity contribution in [2.45, 2.75) is 46.1 Å². The molecule has 1 aliphatic rings. The first kappa shape index (κ1) is 15.0. The lowest BCUT2D eigenvalue weighted by Crippen LogP contribution is -2.52. The van der Waals surface area contributed by atoms with Crippen LogP contribution in [-0.2, 0) is 9.59 Å². The molecule has 2 amide bonds. The fourth-order valence-electron chi connectivity index (χ4n) is 2.24. The number of carbonyl (C=O) groups excluding carboxylic acids is 2. The molecular weight excluding hydrogens is 230 g/mol. The van der Waals surface area contributed by atoms with E-state index in [1.165, 1.54) is 0 Å². The minimum Gasteiger partial charge on any atom is -0.368 e. The SMILES string of the molecule is CC(C)(C)[C@H](NC(=O)CCC1CCNC1)C(N)=O. The van der Waals surface area contributed by atoms with E-state index in [4.69, 9.17) is 5.73 Å². The molecule has 1 fully saturated rings. The molecule has 0 aromatic carbocycles. The molecule has 0 saturated carbocycles. The first-order valence-electron chi connectivity index (χ1n) is 6.60. The number of primary amides is 1. The van der Waals surface area contributed by atoms with Crippen molar-refractivity contribution in [1.82, 2.24) is 10.6 Å². The van der Waals surface area contributed by atoms with Gasteiger partial charge in [-0.25, -0.2) is 0 Å². The third-order valence-electron chi connectivity index (χ3n) is 3.40. The Morgan fingerprint density at radius 2 is 2.11 bits per heavy atom. The number of amides is 2. The van der Waals surface area contributed by atoms with Crippen LogP contribution in [0.25, 0.3) is 0 Å². The van der Waals surface area contributed by atoms with E-state index in [9.17, 15) is 9.59 Å². The van der Waals surface area contributed by atoms with Gasteiger partial charge in [0.15, 0.2) is 0 Å². The summed E-state index contributed by atoms with van der Waals surface area (Å²) < 4.78 is 0. The van der Waals surface area contributed by atoms with Crippen molar-refractivity contribution < 1.29 is 9.59 Å². The van der Waals surface area contributed by atoms with E-state index in [-0.39, 0.29) is 11.3 Å². The molecule has 0 radical (unpaired) electrons. The minimum absolute atomic E-state index is 0.0828. The van der Waals surface area contributed by atoms with Gasteiger partial charge in [-0.3, -0.25) is 9.59 Å². The average Bonchev–Trinajstić information content (AvgIpc) is 2.73. The van der Waals surface area contributed by atoms with Crippen molar-refractivity contribution >= 4 is 11.8 Å². The molecule has 0 aromatic heterocycles. The number of hydrogen-bond donors (Lipinski definition) is 3. The van der Waals surface area contributed by atoms with Crippen LogP contribution in [0.4, 0.5) is 0 Å². The topological polar surface area (TPSA) is 84.2 Å². The first-order valence-corrected chi connectivity index (χ1v) is 6.60. The highest BCUT2D eigenvalue weighted by Gasteiger charge is 2.31. The van der Waals surface area contributed by atoms with E-state index >= 15 is 0 Å². The Morgan fingerprint density at radius 3 is 2.56 bits per heavy atom. The van der Waals surface area contributed by atoms with Gasteiger partial charge in [-0.1, -0.05) is 20.8 Å². The number of nitrogens with one attached hydrogen (secondary N) is 2. The number of hydrogen-bond acceptors (Lipinski definition) is 3. The quantitative estimate of drug-likeness (QED) is 0.664. The van der Waals surface area contributed by atoms with Crippen LogP contribution >= 0.6 is 0 Å². The summed E-state index contributed by atoms with van der Waals surface area (Å²) in [7, 11) is 0. The van der Waals surface area contributed by atoms with Gasteiger partial charge in [0.25, 0.3) is 0 Å². The number of rotatable bonds is 5. The molecule has 18 heavy (non-hydrogen) atoms. The summed E-state index contributed by atoms with van der Waals surface area (Å²) >= 11 is 0. The van der Waals surface area contributed by atoms with Gasteiger partial charge in [-0.05, 0) is 37.3 Å². The van der Waals surface area contributed by atoms with Crippen molar-refractivity contribution in [2.24, 2.45) is 17.1 Å². The van der Waals surface area contributed by atoms with Crippen LogP contribution < -0.4 is 16.4 Å². The second kappa shape index (κ2) is 6.18. The summed E-state index contributed by atoms with van der Waals surface area (Å²) in [5, 5.41) is 6.02. The van der Waals surface area contributed by atoms with Crippen molar-refractivity contribution in [1.29, 1.82) is 0 Å². The van der Waals surface area contributed by atoms with Crippen LogP contribution in [0.15, 0.2) is 0 Å². The Kier molecular flexibility index (Phi) is 5.14. The molecular formula is C13H25N3O2. The fourth-order valence-corrected chi connectivity index (χ4v) is 2.24. The Hall–Kier alpha value is -1.10. The lowest BCUT2D eigenvalue weighted by Gasteiger charge is -2.28. The largest absolute Gasteiger partial charge is 0.368 e. The van der Waals surface area contributed by atoms with Crippen LogP contribution in [0.3, 0.4) is 0 Å². The predicted molar refractivity (Wildman–Crippen MR) is 70.8 cm³/mol. The Labute approximate surface area is 109 Å². The van der Waals surface area contributed by atoms with Crippen LogP contribution in [-0.4, -0.2) is 30.9 Å². The molecule has 1 aliphatic heterocycles. The van der Waals surface area contributed by atoms with Crippen molar-refractivity contribution in [2.75, 3.05) is 13.1 Å². The summed E-state index contributed by atoms with van der Waals surface area (Å²) in [6.45, 7) is 7.71. The zero-order chi connectivity index (χ0) is 13.8. The van der Waals surface area contributed by atoms with E-state index in [1.54, 1.807) is 0 Å². The van der Waals surface area contributed by atoms with Crippen molar-refractivity contribution in [3.8, 4) is 0 Å². The maximum Gasteiger partial charge on any atom is 0.240 e. The molecule has 5 nitrogen and oxygen atoms in total. The summed E-state index contributed by atoms with van der Waals surface area (Å²) in [6, 6.07) is -0.605. The van der Waals surface area contributed by atoms with Gasteiger partial charge < -0.3 is 16.4 Å². The maximum absolute atomic E-state index is 11.8. The molecule has 5 heteroatoms. The molecule has 1 rings (SSSR count). The third kappa shape index (κ3) is 4.64. The summed E-state index contributed by atoms with van der Waals surface area (Å²) in [4.78, 5) is 23.2. The van der Waals surface area contributed by atoms with E-state index in [1.807, 2.05) is 20.8 Å². The van der Waals surface area contributed by atoms with Crippen LogP contribution in [0.5, 0.6) is 0 Å². The lowest BCUT2D eigenvalue weighted by atomic mass is 9.86. The van der Waals surface area contributed by atoms with Gasteiger partial charge in [0.05, 0.1) is 0 Å². The monoisotopic (exact) mass is 255 g/mol. The van der Waals surface area contributed by atoms with Crippen molar-refractivity contribution in [3.05, 3.63) is 0 Å². The summed E-state index contributed by atoms with van der Waals surface area (Å²) in [6.07, 6.45) is 2.46. The molecule has 1 saturated heterocycles. The molecule has 0 aliphatic carbocycles. The van der Waals surface area contributed by atoms with Gasteiger partial charge in [0.2, 0.25) is 11.8 Å². The van der Waals surface area contributed by atoms with Gasteiger partial charge in [-0.15, -0.1) is 0 Å². The average molecular weight is 255 g/mol. The standard InChI is InChI=1S/C13H25N3O2/c1-13(2,3)11(12(14)18)16-10(17)5-4-9-6-7-15-8-9/h9,11,15H,4-8H2,1-3H3,(H2,14,18)(H,16,17)/t9?,11-/m1/s1. The van der Waals surface area contributed by atoms with Gasteiger partial charge >= 0.3 is 0 Å². The van der Waals surface area contributed by atoms with Gasteiger partial charge in [-0.2, -0.15) is 0 Å². The highest BCUT2D eigenvalue weighted by atomic mass is 16.2. The second-order valence-corrected chi connectivity index (χ2v) is 6.17. The first-order chi connectivity index (χ1) is 8.30. The Bertz CT molecular complexity index is 304. The number of nitrogens with two attached hydrogens (primary N) is 1. The Balaban J connectivity index is 2.39. The molecule has 2 atom stereocenters. The normalized spacial score (nSPS) is 21.6. The highest BCUT2D eigenvalue weighted by molar-refractivity contribution is 5.87. The van der Waals surface area contributed by atoms with E-state index in [2.05, 4.69) is 10.6 Å². The van der Waals surface area contributed by atoms with Crippen molar-refractivity contribution in [3.63, 3.8) is 0 Å². The van der Waals surface area contributed by atoms with Crippen LogP contribution in [0.1, 0.15) is 40.0 Å². The zero-order valence-electron chi connectivity index (χ0n) is 11.6. The molecule has 1 unspecified atom stereocenters. The van der Waals surface area contributed by atoms with E-state index in [0.717, 1.165) is 25.9 Å². The fraction of sp³-hybridized carbons (Fsp3) is 0.846. The van der Waals surface area contributed by atoms with E-state index < -0.39 is 11.9 Å². The molecule has 1 heterocycles. The molecule has 4 N–H and O–H groups in total. The van der Waals surface area contributed by atoms with Gasteiger partial charge in [0, 0.05) is 6.42 Å². The molecule has 104 valence electrons. The third-order valence-corrected chi connectivity index (χ3v) is 3.40. The lowest BCUT2D eigenvalue weighted by molar-refractivity contribution is -0.129.